The van der Waals surface area contributed by atoms with Crippen LogP contribution >= 0.6 is 0 Å². The highest BCUT2D eigenvalue weighted by molar-refractivity contribution is 5.73. The first-order chi connectivity index (χ1) is 8.83. The second-order valence-corrected chi connectivity index (χ2v) is 5.34. The molecule has 0 N–H and O–H groups in total. The van der Waals surface area contributed by atoms with Crippen LogP contribution in [-0.4, -0.2) is 30.5 Å². The zero-order chi connectivity index (χ0) is 12.4. The van der Waals surface area contributed by atoms with E-state index < -0.39 is 0 Å². The molecule has 1 unspecified atom stereocenters. The van der Waals surface area contributed by atoms with E-state index in [1.54, 1.807) is 0 Å². The molecule has 0 saturated carbocycles. The van der Waals surface area contributed by atoms with E-state index in [-0.39, 0.29) is 11.9 Å². The van der Waals surface area contributed by atoms with Crippen molar-refractivity contribution < 1.29 is 9.53 Å². The predicted molar refractivity (Wildman–Crippen MR) is 68.9 cm³/mol. The first-order valence-electron chi connectivity index (χ1n) is 6.76. The Hall–Kier alpha value is -1.35. The molecule has 0 aromatic heterocycles. The average Bonchev–Trinajstić information content (AvgIpc) is 2.47. The van der Waals surface area contributed by atoms with Gasteiger partial charge in [-0.15, -0.1) is 0 Å². The summed E-state index contributed by atoms with van der Waals surface area (Å²) in [6.45, 7) is 3.63. The van der Waals surface area contributed by atoms with Crippen molar-refractivity contribution >= 4 is 5.97 Å². The number of nitrogens with zero attached hydrogens (tertiary/aromatic N) is 1. The molecule has 1 aromatic carbocycles. The molecule has 0 aliphatic carbocycles. The Bertz CT molecular complexity index is 410. The number of ether oxygens (including phenoxy) is 1. The van der Waals surface area contributed by atoms with E-state index in [9.17, 15) is 4.79 Å². The van der Waals surface area contributed by atoms with Gasteiger partial charge in [0.2, 0.25) is 0 Å². The number of benzene rings is 1. The maximum absolute atomic E-state index is 12.1. The molecule has 0 amide bonds. The normalized spacial score (nSPS) is 30.1. The molecule has 0 radical (unpaired) electrons. The Labute approximate surface area is 108 Å². The molecule has 3 saturated heterocycles. The highest BCUT2D eigenvalue weighted by Gasteiger charge is 2.39. The van der Waals surface area contributed by atoms with Crippen molar-refractivity contribution in [3.8, 4) is 0 Å². The van der Waals surface area contributed by atoms with Gasteiger partial charge in [-0.25, -0.2) is 0 Å². The minimum absolute atomic E-state index is 0.00625. The Morgan fingerprint density at radius 3 is 2.56 bits per heavy atom. The van der Waals surface area contributed by atoms with Gasteiger partial charge in [-0.3, -0.25) is 4.79 Å². The molecular formula is C15H19NO2. The fourth-order valence-electron chi connectivity index (χ4n) is 3.07. The van der Waals surface area contributed by atoms with Crippen molar-refractivity contribution in [2.45, 2.75) is 19.4 Å². The summed E-state index contributed by atoms with van der Waals surface area (Å²) < 4.78 is 5.45. The van der Waals surface area contributed by atoms with Crippen molar-refractivity contribution in [1.29, 1.82) is 0 Å². The highest BCUT2D eigenvalue weighted by atomic mass is 16.5. The summed E-state index contributed by atoms with van der Waals surface area (Å²) in [6, 6.07) is 9.89. The highest BCUT2D eigenvalue weighted by Crippen LogP contribution is 2.33. The molecule has 3 aliphatic heterocycles. The molecule has 3 aliphatic rings. The summed E-state index contributed by atoms with van der Waals surface area (Å²) in [7, 11) is 0. The summed E-state index contributed by atoms with van der Waals surface area (Å²) in [6.07, 6.45) is 2.32. The van der Waals surface area contributed by atoms with Crippen molar-refractivity contribution in [3.05, 3.63) is 35.9 Å². The minimum Gasteiger partial charge on any atom is -0.461 e. The number of fused-ring (bicyclic) bond motifs is 3. The Kier molecular flexibility index (Phi) is 3.33. The lowest BCUT2D eigenvalue weighted by Crippen LogP contribution is -2.50. The minimum atomic E-state index is -0.00625. The van der Waals surface area contributed by atoms with Gasteiger partial charge < -0.3 is 9.64 Å². The largest absolute Gasteiger partial charge is 0.461 e. The van der Waals surface area contributed by atoms with E-state index in [4.69, 9.17) is 4.74 Å². The summed E-state index contributed by atoms with van der Waals surface area (Å²) >= 11 is 0. The number of hydrogen-bond acceptors (Lipinski definition) is 3. The average molecular weight is 245 g/mol. The van der Waals surface area contributed by atoms with E-state index in [2.05, 4.69) is 4.90 Å². The molecular weight excluding hydrogens is 226 g/mol. The summed E-state index contributed by atoms with van der Waals surface area (Å²) in [4.78, 5) is 14.5. The Morgan fingerprint density at radius 2 is 1.94 bits per heavy atom. The maximum Gasteiger partial charge on any atom is 0.310 e. The summed E-state index contributed by atoms with van der Waals surface area (Å²) in [5.74, 6) is 0.655. The van der Waals surface area contributed by atoms with Crippen LogP contribution in [0.4, 0.5) is 0 Å². The zero-order valence-electron chi connectivity index (χ0n) is 10.5. The lowest BCUT2D eigenvalue weighted by molar-refractivity contribution is -0.156. The standard InChI is InChI=1S/C15H19NO2/c17-15(18-11-12-4-2-1-3-5-12)14-10-16-8-6-13(14)7-9-16/h1-5,13-14H,6-11H2. The van der Waals surface area contributed by atoms with Gasteiger partial charge in [0.25, 0.3) is 0 Å². The molecule has 1 atom stereocenters. The molecule has 4 rings (SSSR count). The lowest BCUT2D eigenvalue weighted by Gasteiger charge is -2.43. The van der Waals surface area contributed by atoms with Crippen LogP contribution in [0.3, 0.4) is 0 Å². The van der Waals surface area contributed by atoms with Crippen molar-refractivity contribution in [2.24, 2.45) is 11.8 Å². The van der Waals surface area contributed by atoms with Gasteiger partial charge in [-0.2, -0.15) is 0 Å². The summed E-state index contributed by atoms with van der Waals surface area (Å²) in [5, 5.41) is 0. The third-order valence-corrected chi connectivity index (χ3v) is 4.18. The zero-order valence-corrected chi connectivity index (χ0v) is 10.5. The predicted octanol–water partition coefficient (Wildman–Crippen LogP) is 2.07. The van der Waals surface area contributed by atoms with Crippen LogP contribution in [0.15, 0.2) is 30.3 Å². The van der Waals surface area contributed by atoms with Gasteiger partial charge in [-0.05, 0) is 37.4 Å². The number of rotatable bonds is 3. The lowest BCUT2D eigenvalue weighted by atomic mass is 9.79. The van der Waals surface area contributed by atoms with Crippen LogP contribution in [-0.2, 0) is 16.1 Å². The second-order valence-electron chi connectivity index (χ2n) is 5.34. The van der Waals surface area contributed by atoms with E-state index in [1.807, 2.05) is 30.3 Å². The number of piperidine rings is 3. The van der Waals surface area contributed by atoms with E-state index in [1.165, 1.54) is 0 Å². The fraction of sp³-hybridized carbons (Fsp3) is 0.533. The molecule has 3 fully saturated rings. The first-order valence-corrected chi connectivity index (χ1v) is 6.76. The van der Waals surface area contributed by atoms with Crippen LogP contribution in [0.25, 0.3) is 0 Å². The Balaban J connectivity index is 1.56. The van der Waals surface area contributed by atoms with Crippen LogP contribution in [0.5, 0.6) is 0 Å². The monoisotopic (exact) mass is 245 g/mol. The number of carbonyl (C=O) groups excluding carboxylic acids is 1. The molecule has 3 nitrogen and oxygen atoms in total. The van der Waals surface area contributed by atoms with Crippen LogP contribution in [0.1, 0.15) is 18.4 Å². The van der Waals surface area contributed by atoms with Crippen molar-refractivity contribution in [1.82, 2.24) is 4.90 Å². The molecule has 96 valence electrons. The van der Waals surface area contributed by atoms with E-state index in [0.717, 1.165) is 38.0 Å². The molecule has 18 heavy (non-hydrogen) atoms. The molecule has 1 aromatic rings. The Morgan fingerprint density at radius 1 is 1.22 bits per heavy atom. The topological polar surface area (TPSA) is 29.5 Å². The van der Waals surface area contributed by atoms with Crippen molar-refractivity contribution in [3.63, 3.8) is 0 Å². The molecule has 3 heteroatoms. The van der Waals surface area contributed by atoms with Gasteiger partial charge in [0.05, 0.1) is 5.92 Å². The first kappa shape index (κ1) is 11.7. The fourth-order valence-corrected chi connectivity index (χ4v) is 3.07. The summed E-state index contributed by atoms with van der Waals surface area (Å²) in [5.41, 5.74) is 1.06. The third-order valence-electron chi connectivity index (χ3n) is 4.18. The third kappa shape index (κ3) is 2.41. The second kappa shape index (κ2) is 5.11. The van der Waals surface area contributed by atoms with Crippen molar-refractivity contribution in [2.75, 3.05) is 19.6 Å². The number of carbonyl (C=O) groups is 1. The van der Waals surface area contributed by atoms with E-state index in [0.29, 0.717) is 12.5 Å². The number of esters is 1. The van der Waals surface area contributed by atoms with Gasteiger partial charge in [0.1, 0.15) is 6.61 Å². The van der Waals surface area contributed by atoms with Gasteiger partial charge in [0.15, 0.2) is 0 Å². The van der Waals surface area contributed by atoms with Gasteiger partial charge in [0, 0.05) is 6.54 Å². The smallest absolute Gasteiger partial charge is 0.310 e. The van der Waals surface area contributed by atoms with Gasteiger partial charge in [-0.1, -0.05) is 30.3 Å². The molecule has 3 heterocycles. The number of hydrogen-bond donors (Lipinski definition) is 0. The van der Waals surface area contributed by atoms with E-state index >= 15 is 0 Å². The van der Waals surface area contributed by atoms with Crippen LogP contribution < -0.4 is 0 Å². The SMILES string of the molecule is O=C(OCc1ccccc1)C1CN2CCC1CC2. The van der Waals surface area contributed by atoms with Gasteiger partial charge >= 0.3 is 5.97 Å². The molecule has 2 bridgehead atoms. The van der Waals surface area contributed by atoms with Crippen LogP contribution in [0.2, 0.25) is 0 Å². The van der Waals surface area contributed by atoms with Crippen LogP contribution in [0, 0.1) is 11.8 Å². The quantitative estimate of drug-likeness (QED) is 0.764. The maximum atomic E-state index is 12.1. The molecule has 0 spiro atoms.